The van der Waals surface area contributed by atoms with Gasteiger partial charge < -0.3 is 10.6 Å². The molecule has 142 valence electrons. The van der Waals surface area contributed by atoms with E-state index in [4.69, 9.17) is 0 Å². The third kappa shape index (κ3) is 4.53. The van der Waals surface area contributed by atoms with Crippen LogP contribution in [-0.4, -0.2) is 43.7 Å². The molecule has 0 saturated carbocycles. The molecule has 7 nitrogen and oxygen atoms in total. The molecule has 1 heterocycles. The normalized spacial score (nSPS) is 17.4. The Balaban J connectivity index is 1.60. The topological polar surface area (TPSA) is 95.6 Å². The van der Waals surface area contributed by atoms with E-state index in [1.807, 2.05) is 0 Å². The molecule has 2 aromatic rings. The van der Waals surface area contributed by atoms with Crippen molar-refractivity contribution < 1.29 is 18.0 Å². The Hall–Kier alpha value is -2.71. The average Bonchev–Trinajstić information content (AvgIpc) is 3.17. The number of nitrogens with zero attached hydrogens (tertiary/aromatic N) is 1. The van der Waals surface area contributed by atoms with Gasteiger partial charge in [0.2, 0.25) is 10.0 Å². The summed E-state index contributed by atoms with van der Waals surface area (Å²) < 4.78 is 27.0. The van der Waals surface area contributed by atoms with Crippen molar-refractivity contribution in [2.24, 2.45) is 0 Å². The fraction of sp³-hybridized carbons (Fsp3) is 0.263. The Kier molecular flexibility index (Phi) is 5.88. The second kappa shape index (κ2) is 8.32. The third-order valence-electron chi connectivity index (χ3n) is 4.41. The van der Waals surface area contributed by atoms with Gasteiger partial charge in [0.15, 0.2) is 0 Å². The zero-order valence-corrected chi connectivity index (χ0v) is 15.5. The number of sulfonamides is 1. The maximum atomic E-state index is 12.8. The van der Waals surface area contributed by atoms with E-state index in [9.17, 15) is 18.0 Å². The highest BCUT2D eigenvalue weighted by Gasteiger charge is 2.35. The lowest BCUT2D eigenvalue weighted by Gasteiger charge is -2.24. The first-order valence-corrected chi connectivity index (χ1v) is 10.1. The first-order valence-electron chi connectivity index (χ1n) is 8.69. The van der Waals surface area contributed by atoms with Crippen LogP contribution in [0.1, 0.15) is 12.8 Å². The van der Waals surface area contributed by atoms with Crippen LogP contribution >= 0.6 is 0 Å². The summed E-state index contributed by atoms with van der Waals surface area (Å²) in [5, 5.41) is 5.04. The second-order valence-electron chi connectivity index (χ2n) is 6.26. The molecular weight excluding hydrogens is 366 g/mol. The molecule has 0 spiro atoms. The van der Waals surface area contributed by atoms with Crippen molar-refractivity contribution in [3.05, 3.63) is 60.7 Å². The van der Waals surface area contributed by atoms with E-state index in [-0.39, 0.29) is 17.5 Å². The summed E-state index contributed by atoms with van der Waals surface area (Å²) in [5.41, 5.74) is 0.520. The molecule has 2 N–H and O–H groups in total. The Morgan fingerprint density at radius 1 is 0.963 bits per heavy atom. The summed E-state index contributed by atoms with van der Waals surface area (Å²) in [5.74, 6) is -1.57. The van der Waals surface area contributed by atoms with Crippen LogP contribution in [0.3, 0.4) is 0 Å². The van der Waals surface area contributed by atoms with E-state index in [0.29, 0.717) is 25.1 Å². The Morgan fingerprint density at radius 2 is 1.59 bits per heavy atom. The lowest BCUT2D eigenvalue weighted by atomic mass is 10.2. The molecule has 0 aromatic heterocycles. The third-order valence-corrected chi connectivity index (χ3v) is 6.38. The number of hydrogen-bond acceptors (Lipinski definition) is 4. The van der Waals surface area contributed by atoms with Crippen molar-refractivity contribution in [2.45, 2.75) is 23.8 Å². The highest BCUT2D eigenvalue weighted by Crippen LogP contribution is 2.25. The lowest BCUT2D eigenvalue weighted by Crippen LogP contribution is -2.45. The minimum Gasteiger partial charge on any atom is -0.346 e. The maximum Gasteiger partial charge on any atom is 0.313 e. The molecule has 1 saturated heterocycles. The highest BCUT2D eigenvalue weighted by atomic mass is 32.2. The number of amides is 2. The summed E-state index contributed by atoms with van der Waals surface area (Å²) in [6, 6.07) is 16.5. The van der Waals surface area contributed by atoms with E-state index in [2.05, 4.69) is 10.6 Å². The van der Waals surface area contributed by atoms with Crippen LogP contribution in [0.5, 0.6) is 0 Å². The van der Waals surface area contributed by atoms with Crippen molar-refractivity contribution in [2.75, 3.05) is 18.4 Å². The van der Waals surface area contributed by atoms with Crippen molar-refractivity contribution in [3.63, 3.8) is 0 Å². The number of carbonyl (C=O) groups is 2. The number of anilines is 1. The number of benzene rings is 2. The fourth-order valence-corrected chi connectivity index (χ4v) is 4.77. The molecule has 0 radical (unpaired) electrons. The van der Waals surface area contributed by atoms with Gasteiger partial charge >= 0.3 is 11.8 Å². The summed E-state index contributed by atoms with van der Waals surface area (Å²) in [6.07, 6.45) is 1.34. The Bertz CT molecular complexity index is 901. The molecule has 1 aliphatic heterocycles. The van der Waals surface area contributed by atoms with Gasteiger partial charge in [-0.25, -0.2) is 8.42 Å². The number of para-hydroxylation sites is 1. The predicted molar refractivity (Wildman–Crippen MR) is 101 cm³/mol. The molecule has 27 heavy (non-hydrogen) atoms. The molecule has 1 atom stereocenters. The number of hydrogen-bond donors (Lipinski definition) is 2. The SMILES string of the molecule is O=C(NC[C@@H]1CCCN1S(=O)(=O)c1ccccc1)C(=O)Nc1ccccc1. The standard InChI is InChI=1S/C19H21N3O4S/c23-18(19(24)21-15-8-3-1-4-9-15)20-14-16-10-7-13-22(16)27(25,26)17-11-5-2-6-12-17/h1-6,8-9,11-12,16H,7,10,13-14H2,(H,20,23)(H,21,24)/t16-/m0/s1. The van der Waals surface area contributed by atoms with Gasteiger partial charge in [0.1, 0.15) is 0 Å². The van der Waals surface area contributed by atoms with Crippen LogP contribution in [0, 0.1) is 0 Å². The van der Waals surface area contributed by atoms with Crippen LogP contribution in [0.4, 0.5) is 5.69 Å². The van der Waals surface area contributed by atoms with Gasteiger partial charge in [0, 0.05) is 24.8 Å². The smallest absolute Gasteiger partial charge is 0.313 e. The van der Waals surface area contributed by atoms with E-state index < -0.39 is 21.8 Å². The number of rotatable bonds is 5. The van der Waals surface area contributed by atoms with Gasteiger partial charge in [-0.05, 0) is 37.1 Å². The van der Waals surface area contributed by atoms with Crippen LogP contribution in [0.15, 0.2) is 65.6 Å². The Labute approximate surface area is 158 Å². The monoisotopic (exact) mass is 387 g/mol. The predicted octanol–water partition coefficient (Wildman–Crippen LogP) is 1.59. The molecule has 0 bridgehead atoms. The van der Waals surface area contributed by atoms with Crippen LogP contribution in [0.25, 0.3) is 0 Å². The minimum absolute atomic E-state index is 0.0904. The van der Waals surface area contributed by atoms with E-state index in [1.165, 1.54) is 4.31 Å². The quantitative estimate of drug-likeness (QED) is 0.762. The molecule has 1 aliphatic rings. The van der Waals surface area contributed by atoms with Crippen molar-refractivity contribution >= 4 is 27.5 Å². The maximum absolute atomic E-state index is 12.8. The van der Waals surface area contributed by atoms with Crippen LogP contribution in [-0.2, 0) is 19.6 Å². The second-order valence-corrected chi connectivity index (χ2v) is 8.15. The van der Waals surface area contributed by atoms with Crippen molar-refractivity contribution in [1.82, 2.24) is 9.62 Å². The van der Waals surface area contributed by atoms with Gasteiger partial charge in [-0.1, -0.05) is 36.4 Å². The zero-order chi connectivity index (χ0) is 19.3. The lowest BCUT2D eigenvalue weighted by molar-refractivity contribution is -0.136. The van der Waals surface area contributed by atoms with Crippen molar-refractivity contribution in [3.8, 4) is 0 Å². The van der Waals surface area contributed by atoms with Gasteiger partial charge in [0.05, 0.1) is 4.90 Å². The van der Waals surface area contributed by atoms with Gasteiger partial charge in [0.25, 0.3) is 0 Å². The molecule has 2 amide bonds. The largest absolute Gasteiger partial charge is 0.346 e. The van der Waals surface area contributed by atoms with Gasteiger partial charge in [-0.3, -0.25) is 9.59 Å². The van der Waals surface area contributed by atoms with E-state index in [1.54, 1.807) is 60.7 Å². The number of nitrogens with one attached hydrogen (secondary N) is 2. The molecule has 2 aromatic carbocycles. The van der Waals surface area contributed by atoms with Crippen molar-refractivity contribution in [1.29, 1.82) is 0 Å². The average molecular weight is 387 g/mol. The van der Waals surface area contributed by atoms with E-state index >= 15 is 0 Å². The zero-order valence-electron chi connectivity index (χ0n) is 14.7. The molecule has 0 unspecified atom stereocenters. The van der Waals surface area contributed by atoms with Crippen LogP contribution in [0.2, 0.25) is 0 Å². The fourth-order valence-electron chi connectivity index (χ4n) is 3.06. The summed E-state index contributed by atoms with van der Waals surface area (Å²) >= 11 is 0. The highest BCUT2D eigenvalue weighted by molar-refractivity contribution is 7.89. The molecule has 3 rings (SSSR count). The Morgan fingerprint density at radius 3 is 2.26 bits per heavy atom. The number of carbonyl (C=O) groups excluding carboxylic acids is 2. The summed E-state index contributed by atoms with van der Waals surface area (Å²) in [4.78, 5) is 24.2. The molecule has 1 fully saturated rings. The van der Waals surface area contributed by atoms with Gasteiger partial charge in [-0.15, -0.1) is 0 Å². The minimum atomic E-state index is -3.62. The molecular formula is C19H21N3O4S. The van der Waals surface area contributed by atoms with Gasteiger partial charge in [-0.2, -0.15) is 4.31 Å². The first kappa shape index (κ1) is 19.1. The van der Waals surface area contributed by atoms with E-state index in [0.717, 1.165) is 0 Å². The molecule has 0 aliphatic carbocycles. The summed E-state index contributed by atoms with van der Waals surface area (Å²) in [7, 11) is -3.62. The summed E-state index contributed by atoms with van der Waals surface area (Å²) in [6.45, 7) is 0.487. The van der Waals surface area contributed by atoms with Crippen LogP contribution < -0.4 is 10.6 Å². The molecule has 8 heteroatoms. The first-order chi connectivity index (χ1) is 13.0.